The van der Waals surface area contributed by atoms with Crippen LogP contribution in [0.1, 0.15) is 19.3 Å². The maximum absolute atomic E-state index is 9.61. The van der Waals surface area contributed by atoms with Crippen LogP contribution in [0.15, 0.2) is 24.8 Å². The minimum atomic E-state index is -1.13. The molecular weight excluding hydrogens is 470 g/mol. The number of anilines is 1. The molecule has 3 N–H and O–H groups in total. The van der Waals surface area contributed by atoms with Crippen molar-refractivity contribution in [3.05, 3.63) is 24.8 Å². The van der Waals surface area contributed by atoms with E-state index in [1.165, 1.54) is 0 Å². The molecule has 5 rings (SSSR count). The summed E-state index contributed by atoms with van der Waals surface area (Å²) in [7, 11) is -1.13. The van der Waals surface area contributed by atoms with E-state index in [0.717, 1.165) is 74.0 Å². The summed E-state index contributed by atoms with van der Waals surface area (Å²) >= 11 is 0. The molecule has 10 nitrogen and oxygen atoms in total. The Morgan fingerprint density at radius 3 is 2.75 bits per heavy atom. The SMILES string of the molecule is C[Si](C)(C)CCOCn1ccc2c(-c3cn(C4(CC#N)CN(C5CCNCC5)C4)nc3N)ncnc21. The molecule has 2 saturated heterocycles. The van der Waals surface area contributed by atoms with Gasteiger partial charge in [0, 0.05) is 51.6 Å². The quantitative estimate of drug-likeness (QED) is 0.335. The summed E-state index contributed by atoms with van der Waals surface area (Å²) in [6.07, 6.45) is 8.22. The first-order valence-electron chi connectivity index (χ1n) is 12.8. The van der Waals surface area contributed by atoms with Gasteiger partial charge >= 0.3 is 0 Å². The Bertz CT molecular complexity index is 1240. The highest BCUT2D eigenvalue weighted by atomic mass is 28.3. The van der Waals surface area contributed by atoms with Gasteiger partial charge in [0.2, 0.25) is 0 Å². The smallest absolute Gasteiger partial charge is 0.154 e. The molecule has 0 atom stereocenters. The fourth-order valence-corrected chi connectivity index (χ4v) is 6.06. The molecule has 0 spiro atoms. The minimum absolute atomic E-state index is 0.353. The maximum Gasteiger partial charge on any atom is 0.154 e. The number of nitrogens with one attached hydrogen (secondary N) is 1. The van der Waals surface area contributed by atoms with Crippen LogP contribution in [-0.4, -0.2) is 76.1 Å². The molecule has 0 aliphatic carbocycles. The highest BCUT2D eigenvalue weighted by Gasteiger charge is 2.48. The summed E-state index contributed by atoms with van der Waals surface area (Å²) in [5.74, 6) is 0.423. The van der Waals surface area contributed by atoms with Crippen LogP contribution in [0.25, 0.3) is 22.3 Å². The zero-order valence-electron chi connectivity index (χ0n) is 21.6. The van der Waals surface area contributed by atoms with Crippen LogP contribution >= 0.6 is 0 Å². The van der Waals surface area contributed by atoms with Gasteiger partial charge in [-0.25, -0.2) is 9.97 Å². The zero-order chi connectivity index (χ0) is 25.3. The Morgan fingerprint density at radius 1 is 1.25 bits per heavy atom. The first-order chi connectivity index (χ1) is 17.3. The highest BCUT2D eigenvalue weighted by Crippen LogP contribution is 2.38. The van der Waals surface area contributed by atoms with Crippen molar-refractivity contribution >= 4 is 24.9 Å². The summed E-state index contributed by atoms with van der Waals surface area (Å²) in [4.78, 5) is 11.6. The van der Waals surface area contributed by atoms with Gasteiger partial charge in [-0.1, -0.05) is 19.6 Å². The van der Waals surface area contributed by atoms with Crippen molar-refractivity contribution in [1.82, 2.24) is 34.5 Å². The maximum atomic E-state index is 9.61. The number of nitrogens with two attached hydrogens (primary N) is 1. The fourth-order valence-electron chi connectivity index (χ4n) is 5.30. The van der Waals surface area contributed by atoms with E-state index >= 15 is 0 Å². The third-order valence-electron chi connectivity index (χ3n) is 7.49. The molecular formula is C25H37N9OSi. The summed E-state index contributed by atoms with van der Waals surface area (Å²) in [5.41, 5.74) is 8.43. The van der Waals surface area contributed by atoms with Crippen molar-refractivity contribution in [2.24, 2.45) is 0 Å². The average molecular weight is 508 g/mol. The van der Waals surface area contributed by atoms with Crippen molar-refractivity contribution in [1.29, 1.82) is 5.26 Å². The number of ether oxygens (including phenoxy) is 1. The van der Waals surface area contributed by atoms with Crippen molar-refractivity contribution in [3.63, 3.8) is 0 Å². The standard InChI is InChI=1S/C25H37N9OSi/c1-36(2,3)13-12-35-18-32-11-6-20-22(29-17-30-24(20)32)21-14-34(31-23(21)27)25(7-8-26)15-33(16-25)19-4-9-28-10-5-19/h6,11,14,17,19,28H,4-5,7,9-10,12-13,15-16,18H2,1-3H3,(H2,27,31). The van der Waals surface area contributed by atoms with Crippen LogP contribution in [0.4, 0.5) is 5.82 Å². The summed E-state index contributed by atoms with van der Waals surface area (Å²) < 4.78 is 9.87. The first kappa shape index (κ1) is 24.9. The van der Waals surface area contributed by atoms with E-state index in [0.29, 0.717) is 25.0 Å². The van der Waals surface area contributed by atoms with Crippen molar-refractivity contribution in [2.45, 2.75) is 63.3 Å². The van der Waals surface area contributed by atoms with Gasteiger partial charge in [0.15, 0.2) is 5.82 Å². The lowest BCUT2D eigenvalue weighted by atomic mass is 9.84. The third-order valence-corrected chi connectivity index (χ3v) is 9.20. The van der Waals surface area contributed by atoms with E-state index in [1.54, 1.807) is 6.33 Å². The summed E-state index contributed by atoms with van der Waals surface area (Å²) in [5, 5.41) is 18.6. The molecule has 3 aromatic rings. The van der Waals surface area contributed by atoms with Gasteiger partial charge in [0.05, 0.1) is 23.7 Å². The van der Waals surface area contributed by atoms with E-state index in [4.69, 9.17) is 15.6 Å². The van der Waals surface area contributed by atoms with Crippen LogP contribution in [0.2, 0.25) is 25.7 Å². The Balaban J connectivity index is 1.36. The number of piperidine rings is 1. The Hall–Kier alpha value is -2.78. The Kier molecular flexibility index (Phi) is 6.87. The van der Waals surface area contributed by atoms with Crippen molar-refractivity contribution in [2.75, 3.05) is 38.5 Å². The molecule has 2 aliphatic rings. The number of aromatic nitrogens is 5. The van der Waals surface area contributed by atoms with Gasteiger partial charge in [-0.3, -0.25) is 9.58 Å². The van der Waals surface area contributed by atoms with E-state index in [-0.39, 0.29) is 5.54 Å². The van der Waals surface area contributed by atoms with Gasteiger partial charge in [0.1, 0.15) is 24.2 Å². The molecule has 0 radical (unpaired) electrons. The van der Waals surface area contributed by atoms with E-state index in [2.05, 4.69) is 45.9 Å². The largest absolute Gasteiger partial charge is 0.382 e. The number of nitriles is 1. The monoisotopic (exact) mass is 507 g/mol. The molecule has 3 aromatic heterocycles. The van der Waals surface area contributed by atoms with Crippen LogP contribution in [0.5, 0.6) is 0 Å². The Labute approximate surface area is 213 Å². The zero-order valence-corrected chi connectivity index (χ0v) is 22.6. The molecule has 36 heavy (non-hydrogen) atoms. The summed E-state index contributed by atoms with van der Waals surface area (Å²) in [6, 6.07) is 6.09. The van der Waals surface area contributed by atoms with Gasteiger partial charge in [-0.15, -0.1) is 0 Å². The molecule has 0 amide bonds. The number of hydrogen-bond donors (Lipinski definition) is 2. The lowest BCUT2D eigenvalue weighted by molar-refractivity contribution is -0.0338. The van der Waals surface area contributed by atoms with Gasteiger partial charge in [0.25, 0.3) is 0 Å². The van der Waals surface area contributed by atoms with E-state index in [1.807, 2.05) is 27.7 Å². The second-order valence-electron chi connectivity index (χ2n) is 11.4. The lowest BCUT2D eigenvalue weighted by Crippen LogP contribution is -2.66. The van der Waals surface area contributed by atoms with Crippen LogP contribution < -0.4 is 11.1 Å². The lowest BCUT2D eigenvalue weighted by Gasteiger charge is -2.53. The minimum Gasteiger partial charge on any atom is -0.382 e. The number of hydrogen-bond acceptors (Lipinski definition) is 8. The number of likely N-dealkylation sites (tertiary alicyclic amines) is 1. The fraction of sp³-hybridized carbons (Fsp3) is 0.600. The second kappa shape index (κ2) is 9.93. The molecule has 2 aliphatic heterocycles. The number of fused-ring (bicyclic) bond motifs is 1. The topological polar surface area (TPSA) is 123 Å². The van der Waals surface area contributed by atoms with Gasteiger partial charge < -0.3 is 20.4 Å². The van der Waals surface area contributed by atoms with Crippen molar-refractivity contribution < 1.29 is 4.74 Å². The van der Waals surface area contributed by atoms with E-state index < -0.39 is 8.07 Å². The van der Waals surface area contributed by atoms with Gasteiger partial charge in [-0.2, -0.15) is 10.4 Å². The van der Waals surface area contributed by atoms with E-state index in [9.17, 15) is 5.26 Å². The van der Waals surface area contributed by atoms with Crippen LogP contribution in [0.3, 0.4) is 0 Å². The van der Waals surface area contributed by atoms with Gasteiger partial charge in [-0.05, 0) is 38.0 Å². The normalized spacial score (nSPS) is 18.8. The predicted molar refractivity (Wildman–Crippen MR) is 143 cm³/mol. The molecule has 0 aromatic carbocycles. The second-order valence-corrected chi connectivity index (χ2v) is 17.0. The summed E-state index contributed by atoms with van der Waals surface area (Å²) in [6.45, 7) is 12.0. The molecule has 5 heterocycles. The molecule has 192 valence electrons. The number of nitrogen functional groups attached to an aromatic ring is 1. The third kappa shape index (κ3) is 4.91. The average Bonchev–Trinajstić information content (AvgIpc) is 3.42. The molecule has 0 unspecified atom stereocenters. The molecule has 0 bridgehead atoms. The van der Waals surface area contributed by atoms with Crippen molar-refractivity contribution in [3.8, 4) is 17.3 Å². The molecule has 0 saturated carbocycles. The first-order valence-corrected chi connectivity index (χ1v) is 16.6. The van der Waals surface area contributed by atoms with Crippen LogP contribution in [-0.2, 0) is 17.0 Å². The highest BCUT2D eigenvalue weighted by molar-refractivity contribution is 6.76. The predicted octanol–water partition coefficient (Wildman–Crippen LogP) is 2.87. The molecule has 11 heteroatoms. The number of nitrogens with zero attached hydrogens (tertiary/aromatic N) is 7. The molecule has 2 fully saturated rings. The van der Waals surface area contributed by atoms with Crippen LogP contribution in [0, 0.1) is 11.3 Å². The number of rotatable bonds is 9. The Morgan fingerprint density at radius 2 is 2.03 bits per heavy atom.